The molecule has 0 saturated heterocycles. The highest BCUT2D eigenvalue weighted by Gasteiger charge is 2.07. The van der Waals surface area contributed by atoms with Crippen molar-refractivity contribution in [1.82, 2.24) is 0 Å². The Bertz CT molecular complexity index is 400. The predicted octanol–water partition coefficient (Wildman–Crippen LogP) is 2.00. The summed E-state index contributed by atoms with van der Waals surface area (Å²) in [6.45, 7) is 0. The summed E-state index contributed by atoms with van der Waals surface area (Å²) in [7, 11) is -2.95. The van der Waals surface area contributed by atoms with E-state index in [-0.39, 0.29) is 4.90 Å². The van der Waals surface area contributed by atoms with Gasteiger partial charge in [-0.3, -0.25) is 0 Å². The predicted molar refractivity (Wildman–Crippen MR) is 41.4 cm³/mol. The Balaban J connectivity index is 3.33. The molecule has 0 amide bonds. The molecule has 0 spiro atoms. The number of hydrogen-bond donors (Lipinski definition) is 1. The van der Waals surface area contributed by atoms with Crippen LogP contribution in [0.5, 0.6) is 0 Å². The minimum absolute atomic E-state index is 0.00130. The third-order valence-electron chi connectivity index (χ3n) is 1.34. The van der Waals surface area contributed by atoms with E-state index in [0.29, 0.717) is 0 Å². The smallest absolute Gasteiger partial charge is 0.160 e. The molecule has 1 rings (SSSR count). The second kappa shape index (κ2) is 2.82. The fourth-order valence-electron chi connectivity index (χ4n) is 0.719. The molecular formula is C7H7F2NOS. The van der Waals surface area contributed by atoms with Crippen LogP contribution < -0.4 is 0 Å². The van der Waals surface area contributed by atoms with Crippen LogP contribution in [0, 0.1) is 16.4 Å². The van der Waals surface area contributed by atoms with Gasteiger partial charge in [0.2, 0.25) is 0 Å². The van der Waals surface area contributed by atoms with E-state index in [2.05, 4.69) is 0 Å². The van der Waals surface area contributed by atoms with Crippen molar-refractivity contribution in [3.63, 3.8) is 0 Å². The molecule has 0 aliphatic carbocycles. The van der Waals surface area contributed by atoms with E-state index in [1.54, 1.807) is 0 Å². The zero-order valence-corrected chi connectivity index (χ0v) is 7.12. The molecule has 0 bridgehead atoms. The molecule has 12 heavy (non-hydrogen) atoms. The van der Waals surface area contributed by atoms with Gasteiger partial charge in [0.15, 0.2) is 11.6 Å². The van der Waals surface area contributed by atoms with Gasteiger partial charge in [-0.1, -0.05) is 0 Å². The summed E-state index contributed by atoms with van der Waals surface area (Å²) < 4.78 is 43.0. The maximum atomic E-state index is 12.5. The van der Waals surface area contributed by atoms with Crippen molar-refractivity contribution in [2.75, 3.05) is 6.26 Å². The Morgan fingerprint density at radius 2 is 1.92 bits per heavy atom. The van der Waals surface area contributed by atoms with Crippen molar-refractivity contribution in [3.05, 3.63) is 29.8 Å². The molecule has 0 fully saturated rings. The Labute approximate surface area is 69.2 Å². The lowest BCUT2D eigenvalue weighted by molar-refractivity contribution is 0.505. The van der Waals surface area contributed by atoms with E-state index in [1.807, 2.05) is 0 Å². The van der Waals surface area contributed by atoms with Gasteiger partial charge in [-0.05, 0) is 18.2 Å². The Hall–Kier alpha value is -0.970. The van der Waals surface area contributed by atoms with Crippen molar-refractivity contribution in [2.24, 2.45) is 0 Å². The molecule has 2 nitrogen and oxygen atoms in total. The van der Waals surface area contributed by atoms with Crippen LogP contribution in [0.3, 0.4) is 0 Å². The molecule has 1 N–H and O–H groups in total. The van der Waals surface area contributed by atoms with Crippen LogP contribution in [-0.4, -0.2) is 10.5 Å². The van der Waals surface area contributed by atoms with Gasteiger partial charge in [0.05, 0.1) is 14.6 Å². The first kappa shape index (κ1) is 9.12. The fraction of sp³-hybridized carbons (Fsp3) is 0.143. The molecule has 1 atom stereocenters. The highest BCUT2D eigenvalue weighted by Crippen LogP contribution is 2.13. The average molecular weight is 191 g/mol. The normalized spacial score (nSPS) is 15.6. The summed E-state index contributed by atoms with van der Waals surface area (Å²) in [5.74, 6) is -2.07. The summed E-state index contributed by atoms with van der Waals surface area (Å²) in [5, 5.41) is 0. The second-order valence-electron chi connectivity index (χ2n) is 2.42. The lowest BCUT2D eigenvalue weighted by Gasteiger charge is -2.00. The van der Waals surface area contributed by atoms with E-state index in [0.717, 1.165) is 24.5 Å². The molecule has 5 heteroatoms. The van der Waals surface area contributed by atoms with Crippen molar-refractivity contribution < 1.29 is 13.0 Å². The number of benzene rings is 1. The summed E-state index contributed by atoms with van der Waals surface area (Å²) in [6, 6.07) is 2.79. The zero-order valence-electron chi connectivity index (χ0n) is 6.30. The van der Waals surface area contributed by atoms with Crippen LogP contribution in [0.15, 0.2) is 23.1 Å². The summed E-state index contributed by atoms with van der Waals surface area (Å²) in [6.07, 6.45) is 1.15. The molecule has 66 valence electrons. The number of hydrogen-bond acceptors (Lipinski definition) is 2. The third-order valence-corrected chi connectivity index (χ3v) is 2.49. The van der Waals surface area contributed by atoms with Gasteiger partial charge in [-0.15, -0.1) is 0 Å². The van der Waals surface area contributed by atoms with Crippen LogP contribution in [0.25, 0.3) is 0 Å². The SMILES string of the molecule is CS(=N)(=O)c1ccc(F)c(F)c1. The van der Waals surface area contributed by atoms with Gasteiger partial charge in [-0.2, -0.15) is 0 Å². The van der Waals surface area contributed by atoms with Gasteiger partial charge in [0.25, 0.3) is 0 Å². The van der Waals surface area contributed by atoms with E-state index >= 15 is 0 Å². The first-order chi connectivity index (χ1) is 5.41. The molecule has 0 aliphatic rings. The largest absolute Gasteiger partial charge is 0.249 e. The monoisotopic (exact) mass is 191 g/mol. The van der Waals surface area contributed by atoms with E-state index in [9.17, 15) is 13.0 Å². The van der Waals surface area contributed by atoms with Crippen LogP contribution in [0.2, 0.25) is 0 Å². The fourth-order valence-corrected chi connectivity index (χ4v) is 1.38. The molecule has 0 aliphatic heterocycles. The van der Waals surface area contributed by atoms with Crippen molar-refractivity contribution >= 4 is 9.73 Å². The highest BCUT2D eigenvalue weighted by molar-refractivity contribution is 7.91. The summed E-state index contributed by atoms with van der Waals surface area (Å²) >= 11 is 0. The van der Waals surface area contributed by atoms with Crippen molar-refractivity contribution in [1.29, 1.82) is 4.78 Å². The minimum Gasteiger partial charge on any atom is -0.249 e. The van der Waals surface area contributed by atoms with Crippen molar-refractivity contribution in [2.45, 2.75) is 4.90 Å². The second-order valence-corrected chi connectivity index (χ2v) is 4.58. The Morgan fingerprint density at radius 1 is 1.33 bits per heavy atom. The molecule has 0 heterocycles. The highest BCUT2D eigenvalue weighted by atomic mass is 32.2. The maximum absolute atomic E-state index is 12.5. The number of halogens is 2. The molecule has 1 aromatic carbocycles. The summed E-state index contributed by atoms with van der Waals surface area (Å²) in [4.78, 5) is 0.00130. The first-order valence-corrected chi connectivity index (χ1v) is 5.07. The van der Waals surface area contributed by atoms with Crippen LogP contribution in [0.1, 0.15) is 0 Å². The molecule has 0 saturated carbocycles. The van der Waals surface area contributed by atoms with E-state index < -0.39 is 21.4 Å². The molecule has 0 radical (unpaired) electrons. The molecular weight excluding hydrogens is 184 g/mol. The molecule has 0 aromatic heterocycles. The number of nitrogens with one attached hydrogen (secondary N) is 1. The van der Waals surface area contributed by atoms with Crippen LogP contribution in [0.4, 0.5) is 8.78 Å². The topological polar surface area (TPSA) is 40.9 Å². The van der Waals surface area contributed by atoms with Crippen LogP contribution in [-0.2, 0) is 9.73 Å². The average Bonchev–Trinajstić information content (AvgIpc) is 1.92. The lowest BCUT2D eigenvalue weighted by Crippen LogP contribution is -1.96. The van der Waals surface area contributed by atoms with Gasteiger partial charge >= 0.3 is 0 Å². The van der Waals surface area contributed by atoms with Gasteiger partial charge in [0.1, 0.15) is 0 Å². The van der Waals surface area contributed by atoms with Crippen LogP contribution >= 0.6 is 0 Å². The molecule has 1 unspecified atom stereocenters. The van der Waals surface area contributed by atoms with Crippen molar-refractivity contribution in [3.8, 4) is 0 Å². The molecule has 1 aromatic rings. The lowest BCUT2D eigenvalue weighted by atomic mass is 10.3. The Kier molecular flexibility index (Phi) is 2.14. The maximum Gasteiger partial charge on any atom is 0.160 e. The summed E-state index contributed by atoms with van der Waals surface area (Å²) in [5.41, 5.74) is 0. The third kappa shape index (κ3) is 1.79. The first-order valence-electron chi connectivity index (χ1n) is 3.10. The Morgan fingerprint density at radius 3 is 2.33 bits per heavy atom. The van der Waals surface area contributed by atoms with Gasteiger partial charge in [0, 0.05) is 6.26 Å². The zero-order chi connectivity index (χ0) is 9.35. The minimum atomic E-state index is -2.95. The van der Waals surface area contributed by atoms with Gasteiger partial charge in [-0.25, -0.2) is 17.8 Å². The van der Waals surface area contributed by atoms with Gasteiger partial charge < -0.3 is 0 Å². The quantitative estimate of drug-likeness (QED) is 0.724. The standard InChI is InChI=1S/C7H7F2NOS/c1-12(10,11)5-2-3-6(8)7(9)4-5/h2-4,10H,1H3. The number of rotatable bonds is 1. The van der Waals surface area contributed by atoms with E-state index in [4.69, 9.17) is 4.78 Å². The van der Waals surface area contributed by atoms with E-state index in [1.165, 1.54) is 0 Å².